The Bertz CT molecular complexity index is 567. The molecule has 0 fully saturated rings. The summed E-state index contributed by atoms with van der Waals surface area (Å²) in [4.78, 5) is 1.66. The number of anilines is 1. The van der Waals surface area contributed by atoms with Crippen molar-refractivity contribution in [2.24, 2.45) is 5.73 Å². The van der Waals surface area contributed by atoms with Crippen molar-refractivity contribution < 1.29 is 0 Å². The summed E-state index contributed by atoms with van der Waals surface area (Å²) in [5.74, 6) is 0. The van der Waals surface area contributed by atoms with E-state index in [9.17, 15) is 0 Å². The standard InChI is InChI=1S/C14H15ClN2S2/c1-2-11(13-4-3-7-19-13)17-12-6-5-9(14(16)18)8-10(12)15/h3-8,11,17H,2H2,1H3,(H2,16,18). The third-order valence-corrected chi connectivity index (χ3v) is 4.41. The number of rotatable bonds is 5. The number of hydrogen-bond acceptors (Lipinski definition) is 3. The van der Waals surface area contributed by atoms with E-state index in [-0.39, 0.29) is 6.04 Å². The lowest BCUT2D eigenvalue weighted by Crippen LogP contribution is -2.11. The fourth-order valence-electron chi connectivity index (χ4n) is 1.84. The molecule has 0 aliphatic rings. The molecule has 0 bridgehead atoms. The molecule has 3 N–H and O–H groups in total. The average Bonchev–Trinajstić information content (AvgIpc) is 2.91. The Hall–Kier alpha value is -1.10. The monoisotopic (exact) mass is 310 g/mol. The first-order valence-corrected chi connectivity index (χ1v) is 7.67. The van der Waals surface area contributed by atoms with Crippen LogP contribution in [-0.4, -0.2) is 4.99 Å². The second-order valence-corrected chi connectivity index (χ2v) is 6.01. The zero-order chi connectivity index (χ0) is 13.8. The lowest BCUT2D eigenvalue weighted by molar-refractivity contribution is 0.764. The van der Waals surface area contributed by atoms with Gasteiger partial charge in [-0.2, -0.15) is 0 Å². The third-order valence-electron chi connectivity index (χ3n) is 2.88. The third kappa shape index (κ3) is 3.47. The number of benzene rings is 1. The van der Waals surface area contributed by atoms with Crippen LogP contribution in [0, 0.1) is 0 Å². The average molecular weight is 311 g/mol. The number of hydrogen-bond donors (Lipinski definition) is 2. The summed E-state index contributed by atoms with van der Waals surface area (Å²) in [6.07, 6.45) is 0.994. The van der Waals surface area contributed by atoms with Gasteiger partial charge >= 0.3 is 0 Å². The van der Waals surface area contributed by atoms with Gasteiger partial charge in [0.05, 0.1) is 16.8 Å². The van der Waals surface area contributed by atoms with E-state index in [0.717, 1.165) is 17.7 Å². The van der Waals surface area contributed by atoms with E-state index < -0.39 is 0 Å². The van der Waals surface area contributed by atoms with Crippen LogP contribution in [0.5, 0.6) is 0 Å². The van der Waals surface area contributed by atoms with Crippen molar-refractivity contribution >= 4 is 45.8 Å². The molecule has 0 amide bonds. The second kappa shape index (κ2) is 6.37. The van der Waals surface area contributed by atoms with Gasteiger partial charge < -0.3 is 11.1 Å². The predicted molar refractivity (Wildman–Crippen MR) is 88.3 cm³/mol. The van der Waals surface area contributed by atoms with Gasteiger partial charge in [0, 0.05) is 10.4 Å². The highest BCUT2D eigenvalue weighted by Crippen LogP contribution is 2.30. The minimum atomic E-state index is 0.271. The molecule has 1 atom stereocenters. The van der Waals surface area contributed by atoms with Crippen molar-refractivity contribution in [3.05, 3.63) is 51.2 Å². The number of nitrogens with two attached hydrogens (primary N) is 1. The van der Waals surface area contributed by atoms with Gasteiger partial charge in [-0.1, -0.05) is 36.8 Å². The van der Waals surface area contributed by atoms with Gasteiger partial charge in [-0.25, -0.2) is 0 Å². The van der Waals surface area contributed by atoms with Crippen LogP contribution < -0.4 is 11.1 Å². The number of nitrogens with one attached hydrogen (secondary N) is 1. The van der Waals surface area contributed by atoms with Gasteiger partial charge in [-0.3, -0.25) is 0 Å². The maximum absolute atomic E-state index is 6.26. The lowest BCUT2D eigenvalue weighted by atomic mass is 10.1. The Morgan fingerprint density at radius 3 is 2.79 bits per heavy atom. The van der Waals surface area contributed by atoms with Crippen LogP contribution in [0.1, 0.15) is 29.8 Å². The minimum Gasteiger partial charge on any atom is -0.389 e. The van der Waals surface area contributed by atoms with E-state index >= 15 is 0 Å². The highest BCUT2D eigenvalue weighted by molar-refractivity contribution is 7.80. The summed E-state index contributed by atoms with van der Waals surface area (Å²) in [5, 5.41) is 6.18. The molecular formula is C14H15ClN2S2. The SMILES string of the molecule is CCC(Nc1ccc(C(N)=S)cc1Cl)c1cccs1. The molecule has 100 valence electrons. The molecule has 5 heteroatoms. The van der Waals surface area contributed by atoms with Crippen LogP contribution in [-0.2, 0) is 0 Å². The van der Waals surface area contributed by atoms with Crippen molar-refractivity contribution in [2.45, 2.75) is 19.4 Å². The molecule has 1 unspecified atom stereocenters. The normalized spacial score (nSPS) is 12.1. The van der Waals surface area contributed by atoms with Gasteiger partial charge in [0.1, 0.15) is 4.99 Å². The van der Waals surface area contributed by atoms with Gasteiger partial charge in [0.2, 0.25) is 0 Å². The summed E-state index contributed by atoms with van der Waals surface area (Å²) < 4.78 is 0. The first kappa shape index (κ1) is 14.3. The van der Waals surface area contributed by atoms with E-state index in [1.54, 1.807) is 17.4 Å². The first-order chi connectivity index (χ1) is 9.11. The summed E-state index contributed by atoms with van der Waals surface area (Å²) in [5.41, 5.74) is 7.28. The van der Waals surface area contributed by atoms with Crippen molar-refractivity contribution in [1.29, 1.82) is 0 Å². The first-order valence-electron chi connectivity index (χ1n) is 6.01. The van der Waals surface area contributed by atoms with Gasteiger partial charge in [-0.05, 0) is 36.1 Å². The van der Waals surface area contributed by atoms with Crippen LogP contribution in [0.25, 0.3) is 0 Å². The molecule has 1 heterocycles. The summed E-state index contributed by atoms with van der Waals surface area (Å²) in [6, 6.07) is 10.1. The Kier molecular flexibility index (Phi) is 4.80. The van der Waals surface area contributed by atoms with Crippen LogP contribution >= 0.6 is 35.2 Å². The molecule has 0 aliphatic heterocycles. The van der Waals surface area contributed by atoms with Crippen molar-refractivity contribution in [3.8, 4) is 0 Å². The van der Waals surface area contributed by atoms with Crippen molar-refractivity contribution in [1.82, 2.24) is 0 Å². The maximum atomic E-state index is 6.26. The molecule has 2 aromatic rings. The molecule has 1 aromatic carbocycles. The second-order valence-electron chi connectivity index (χ2n) is 4.18. The van der Waals surface area contributed by atoms with Gasteiger partial charge in [0.25, 0.3) is 0 Å². The van der Waals surface area contributed by atoms with E-state index in [4.69, 9.17) is 29.6 Å². The van der Waals surface area contributed by atoms with E-state index in [0.29, 0.717) is 10.0 Å². The van der Waals surface area contributed by atoms with Crippen molar-refractivity contribution in [2.75, 3.05) is 5.32 Å². The molecule has 19 heavy (non-hydrogen) atoms. The number of thiocarbonyl (C=S) groups is 1. The Morgan fingerprint density at radius 1 is 1.47 bits per heavy atom. The highest BCUT2D eigenvalue weighted by Gasteiger charge is 2.12. The molecular weight excluding hydrogens is 296 g/mol. The quantitative estimate of drug-likeness (QED) is 0.793. The fraction of sp³-hybridized carbons (Fsp3) is 0.214. The number of halogens is 1. The van der Waals surface area contributed by atoms with Crippen LogP contribution in [0.4, 0.5) is 5.69 Å². The van der Waals surface area contributed by atoms with Crippen LogP contribution in [0.3, 0.4) is 0 Å². The molecule has 0 spiro atoms. The Morgan fingerprint density at radius 2 is 2.26 bits per heavy atom. The molecule has 0 aliphatic carbocycles. The molecule has 0 saturated carbocycles. The molecule has 2 rings (SSSR count). The lowest BCUT2D eigenvalue weighted by Gasteiger charge is -2.18. The van der Waals surface area contributed by atoms with Crippen molar-refractivity contribution in [3.63, 3.8) is 0 Å². The van der Waals surface area contributed by atoms with E-state index in [1.165, 1.54) is 4.88 Å². The van der Waals surface area contributed by atoms with Gasteiger partial charge in [0.15, 0.2) is 0 Å². The van der Waals surface area contributed by atoms with E-state index in [2.05, 4.69) is 29.8 Å². The Balaban J connectivity index is 2.21. The summed E-state index contributed by atoms with van der Waals surface area (Å²) >= 11 is 12.9. The zero-order valence-corrected chi connectivity index (χ0v) is 12.9. The number of thiophene rings is 1. The van der Waals surface area contributed by atoms with E-state index in [1.807, 2.05) is 12.1 Å². The molecule has 0 radical (unpaired) electrons. The fourth-order valence-corrected chi connectivity index (χ4v) is 3.06. The summed E-state index contributed by atoms with van der Waals surface area (Å²) in [7, 11) is 0. The summed E-state index contributed by atoms with van der Waals surface area (Å²) in [6.45, 7) is 2.15. The smallest absolute Gasteiger partial charge is 0.104 e. The largest absolute Gasteiger partial charge is 0.389 e. The molecule has 0 saturated heterocycles. The topological polar surface area (TPSA) is 38.0 Å². The molecule has 1 aromatic heterocycles. The molecule has 2 nitrogen and oxygen atoms in total. The highest BCUT2D eigenvalue weighted by atomic mass is 35.5. The van der Waals surface area contributed by atoms with Gasteiger partial charge in [-0.15, -0.1) is 11.3 Å². The maximum Gasteiger partial charge on any atom is 0.104 e. The minimum absolute atomic E-state index is 0.271. The predicted octanol–water partition coefficient (Wildman–Crippen LogP) is 4.60. The Labute approximate surface area is 127 Å². The van der Waals surface area contributed by atoms with Crippen LogP contribution in [0.15, 0.2) is 35.7 Å². The van der Waals surface area contributed by atoms with Crippen LogP contribution in [0.2, 0.25) is 5.02 Å². The zero-order valence-electron chi connectivity index (χ0n) is 10.5.